The molecule has 1 aromatic carbocycles. The lowest BCUT2D eigenvalue weighted by Gasteiger charge is -2.37. The highest BCUT2D eigenvalue weighted by Crippen LogP contribution is 2.41. The Labute approximate surface area is 203 Å². The van der Waals surface area contributed by atoms with Crippen molar-refractivity contribution in [1.29, 1.82) is 0 Å². The van der Waals surface area contributed by atoms with E-state index in [0.29, 0.717) is 6.61 Å². The van der Waals surface area contributed by atoms with Crippen molar-refractivity contribution >= 4 is 25.2 Å². The van der Waals surface area contributed by atoms with Gasteiger partial charge in [0.05, 0.1) is 17.5 Å². The van der Waals surface area contributed by atoms with Crippen molar-refractivity contribution in [2.24, 2.45) is 5.92 Å². The smallest absolute Gasteiger partial charge is 0.191 e. The molecule has 3 aromatic rings. The van der Waals surface area contributed by atoms with Gasteiger partial charge in [0, 0.05) is 24.8 Å². The van der Waals surface area contributed by atoms with Gasteiger partial charge in [-0.2, -0.15) is 0 Å². The standard InChI is InChI=1S/C27H38N4O2Si/c1-27(2,3)34(4,5)33-16-19-14-20(15-24(19)32)31-13-12-22-25(28-17-29-26(22)31)30-23-11-10-18-8-6-7-9-21(18)23/h6-9,12-13,17,19-20,23-24,32H,10-11,14-16H2,1-5H3,(H,28,29,30)/t19-,20+,23-,24-/m0/s1. The van der Waals surface area contributed by atoms with Crippen molar-refractivity contribution in [2.45, 2.75) is 82.8 Å². The number of aromatic nitrogens is 3. The lowest BCUT2D eigenvalue weighted by molar-refractivity contribution is 0.0936. The van der Waals surface area contributed by atoms with E-state index in [-0.39, 0.29) is 29.1 Å². The van der Waals surface area contributed by atoms with E-state index in [0.717, 1.165) is 42.5 Å². The van der Waals surface area contributed by atoms with Gasteiger partial charge in [0.25, 0.3) is 0 Å². The number of aliphatic hydroxyl groups excluding tert-OH is 1. The van der Waals surface area contributed by atoms with Gasteiger partial charge in [0.2, 0.25) is 0 Å². The largest absolute Gasteiger partial charge is 0.416 e. The van der Waals surface area contributed by atoms with Crippen LogP contribution in [0, 0.1) is 5.92 Å². The summed E-state index contributed by atoms with van der Waals surface area (Å²) in [4.78, 5) is 9.23. The van der Waals surface area contributed by atoms with E-state index < -0.39 is 8.32 Å². The summed E-state index contributed by atoms with van der Waals surface area (Å²) in [5.41, 5.74) is 3.73. The molecule has 6 nitrogen and oxygen atoms in total. The summed E-state index contributed by atoms with van der Waals surface area (Å²) in [5, 5.41) is 15.7. The molecule has 2 aliphatic carbocycles. The normalized spacial score (nSPS) is 25.1. The molecular weight excluding hydrogens is 440 g/mol. The molecule has 7 heteroatoms. The number of rotatable bonds is 6. The lowest BCUT2D eigenvalue weighted by atomic mass is 10.1. The Kier molecular flexibility index (Phi) is 6.07. The summed E-state index contributed by atoms with van der Waals surface area (Å²) >= 11 is 0. The maximum absolute atomic E-state index is 10.8. The van der Waals surface area contributed by atoms with Crippen molar-refractivity contribution in [3.8, 4) is 0 Å². The molecule has 0 bridgehead atoms. The maximum atomic E-state index is 10.8. The van der Waals surface area contributed by atoms with Crippen LogP contribution < -0.4 is 5.32 Å². The van der Waals surface area contributed by atoms with E-state index >= 15 is 0 Å². The fourth-order valence-electron chi connectivity index (χ4n) is 5.26. The first kappa shape index (κ1) is 23.5. The summed E-state index contributed by atoms with van der Waals surface area (Å²) in [6.07, 6.45) is 7.24. The number of hydrogen-bond donors (Lipinski definition) is 2. The van der Waals surface area contributed by atoms with Crippen LogP contribution in [-0.4, -0.2) is 40.7 Å². The monoisotopic (exact) mass is 478 g/mol. The van der Waals surface area contributed by atoms with E-state index in [1.807, 2.05) is 0 Å². The topological polar surface area (TPSA) is 72.2 Å². The average molecular weight is 479 g/mol. The van der Waals surface area contributed by atoms with Gasteiger partial charge in [0.1, 0.15) is 17.8 Å². The van der Waals surface area contributed by atoms with Gasteiger partial charge in [-0.15, -0.1) is 0 Å². The number of benzene rings is 1. The number of hydrogen-bond acceptors (Lipinski definition) is 5. The van der Waals surface area contributed by atoms with Gasteiger partial charge < -0.3 is 19.4 Å². The van der Waals surface area contributed by atoms with Gasteiger partial charge >= 0.3 is 0 Å². The summed E-state index contributed by atoms with van der Waals surface area (Å²) in [6.45, 7) is 12.0. The number of aryl methyl sites for hydroxylation is 1. The Morgan fingerprint density at radius 1 is 1.15 bits per heavy atom. The van der Waals surface area contributed by atoms with Crippen LogP contribution in [0.1, 0.15) is 63.2 Å². The van der Waals surface area contributed by atoms with Crippen LogP contribution >= 0.6 is 0 Å². The third-order valence-corrected chi connectivity index (χ3v) is 12.9. The van der Waals surface area contributed by atoms with Crippen LogP contribution in [0.25, 0.3) is 11.0 Å². The first-order valence-corrected chi connectivity index (χ1v) is 15.5. The Bertz CT molecular complexity index is 1170. The van der Waals surface area contributed by atoms with Crippen molar-refractivity contribution < 1.29 is 9.53 Å². The molecule has 0 radical (unpaired) electrons. The molecule has 2 N–H and O–H groups in total. The summed E-state index contributed by atoms with van der Waals surface area (Å²) < 4.78 is 8.69. The molecule has 0 unspecified atom stereocenters. The summed E-state index contributed by atoms with van der Waals surface area (Å²) in [6, 6.07) is 11.3. The number of nitrogens with one attached hydrogen (secondary N) is 1. The molecular formula is C27H38N4O2Si. The molecule has 0 amide bonds. The van der Waals surface area contributed by atoms with Gasteiger partial charge in [-0.05, 0) is 61.0 Å². The second-order valence-electron chi connectivity index (χ2n) is 11.6. The van der Waals surface area contributed by atoms with Crippen molar-refractivity contribution in [3.63, 3.8) is 0 Å². The van der Waals surface area contributed by atoms with Crippen molar-refractivity contribution in [3.05, 3.63) is 54.0 Å². The molecule has 4 atom stereocenters. The number of nitrogens with zero attached hydrogens (tertiary/aromatic N) is 3. The SMILES string of the molecule is CC(C)(C)[Si](C)(C)OC[C@@H]1C[C@@H](n2ccc3c(N[C@H]4CCc5ccccc54)ncnc32)C[C@@H]1O. The van der Waals surface area contributed by atoms with E-state index in [2.05, 4.69) is 90.2 Å². The van der Waals surface area contributed by atoms with Crippen molar-refractivity contribution in [1.82, 2.24) is 14.5 Å². The predicted molar refractivity (Wildman–Crippen MR) is 140 cm³/mol. The third kappa shape index (κ3) is 4.29. The molecule has 2 aliphatic rings. The first-order valence-electron chi connectivity index (χ1n) is 12.6. The molecule has 1 saturated carbocycles. The predicted octanol–water partition coefficient (Wildman–Crippen LogP) is 5.86. The number of fused-ring (bicyclic) bond motifs is 2. The summed E-state index contributed by atoms with van der Waals surface area (Å²) in [5.74, 6) is 1.05. The van der Waals surface area contributed by atoms with E-state index in [1.165, 1.54) is 11.1 Å². The highest BCUT2D eigenvalue weighted by atomic mass is 28.4. The van der Waals surface area contributed by atoms with E-state index in [4.69, 9.17) is 4.43 Å². The van der Waals surface area contributed by atoms with Gasteiger partial charge in [0.15, 0.2) is 8.32 Å². The molecule has 0 spiro atoms. The van der Waals surface area contributed by atoms with Crippen molar-refractivity contribution in [2.75, 3.05) is 11.9 Å². The number of anilines is 1. The Hall–Kier alpha value is -2.22. The average Bonchev–Trinajstić information content (AvgIpc) is 3.49. The zero-order chi connectivity index (χ0) is 24.1. The maximum Gasteiger partial charge on any atom is 0.191 e. The number of aliphatic hydroxyl groups is 1. The van der Waals surface area contributed by atoms with Gasteiger partial charge in [-0.25, -0.2) is 9.97 Å². The second kappa shape index (κ2) is 8.77. The molecule has 0 saturated heterocycles. The molecule has 0 aliphatic heterocycles. The molecule has 34 heavy (non-hydrogen) atoms. The van der Waals surface area contributed by atoms with Crippen LogP contribution in [0.15, 0.2) is 42.9 Å². The van der Waals surface area contributed by atoms with E-state index in [9.17, 15) is 5.11 Å². The Morgan fingerprint density at radius 2 is 1.94 bits per heavy atom. The van der Waals surface area contributed by atoms with Crippen LogP contribution in [0.4, 0.5) is 5.82 Å². The lowest BCUT2D eigenvalue weighted by Crippen LogP contribution is -2.42. The minimum atomic E-state index is -1.83. The minimum absolute atomic E-state index is 0.158. The van der Waals surface area contributed by atoms with Crippen LogP contribution in [0.5, 0.6) is 0 Å². The molecule has 2 heterocycles. The Morgan fingerprint density at radius 3 is 2.74 bits per heavy atom. The molecule has 5 rings (SSSR count). The quantitative estimate of drug-likeness (QED) is 0.434. The minimum Gasteiger partial charge on any atom is -0.416 e. The van der Waals surface area contributed by atoms with Crippen LogP contribution in [0.3, 0.4) is 0 Å². The molecule has 2 aromatic heterocycles. The van der Waals surface area contributed by atoms with Gasteiger partial charge in [-0.3, -0.25) is 0 Å². The van der Waals surface area contributed by atoms with Crippen LogP contribution in [-0.2, 0) is 10.8 Å². The highest BCUT2D eigenvalue weighted by molar-refractivity contribution is 6.74. The molecule has 1 fully saturated rings. The second-order valence-corrected chi connectivity index (χ2v) is 16.5. The third-order valence-electron chi connectivity index (χ3n) is 8.44. The highest BCUT2D eigenvalue weighted by Gasteiger charge is 2.40. The summed E-state index contributed by atoms with van der Waals surface area (Å²) in [7, 11) is -1.83. The van der Waals surface area contributed by atoms with Gasteiger partial charge in [-0.1, -0.05) is 45.0 Å². The first-order chi connectivity index (χ1) is 16.1. The fraction of sp³-hybridized carbons (Fsp3) is 0.556. The Balaban J connectivity index is 1.32. The zero-order valence-corrected chi connectivity index (χ0v) is 22.1. The van der Waals surface area contributed by atoms with E-state index in [1.54, 1.807) is 6.33 Å². The van der Waals surface area contributed by atoms with Crippen LogP contribution in [0.2, 0.25) is 18.1 Å². The fourth-order valence-corrected chi connectivity index (χ4v) is 6.33. The zero-order valence-electron chi connectivity index (χ0n) is 21.1. The molecule has 182 valence electrons.